The Morgan fingerprint density at radius 2 is 2.39 bits per heavy atom. The Hall–Kier alpha value is -1.13. The monoisotopic (exact) mass is 263 g/mol. The Bertz CT molecular complexity index is 447. The number of H-pyrrole nitrogens is 1. The topological polar surface area (TPSA) is 40.7 Å². The van der Waals surface area contributed by atoms with E-state index in [9.17, 15) is 0 Å². The summed E-state index contributed by atoms with van der Waals surface area (Å²) in [6.45, 7) is 5.37. The highest BCUT2D eigenvalue weighted by atomic mass is 32.1. The lowest BCUT2D eigenvalue weighted by atomic mass is 10.1. The first-order chi connectivity index (χ1) is 8.81. The van der Waals surface area contributed by atoms with Gasteiger partial charge in [0.15, 0.2) is 0 Å². The number of thiophene rings is 1. The van der Waals surface area contributed by atoms with Crippen LogP contribution in [0, 0.1) is 0 Å². The van der Waals surface area contributed by atoms with Gasteiger partial charge in [0.25, 0.3) is 0 Å². The average Bonchev–Trinajstić information content (AvgIpc) is 3.03. The van der Waals surface area contributed by atoms with Crippen LogP contribution in [0.1, 0.15) is 38.7 Å². The Morgan fingerprint density at radius 3 is 3.11 bits per heavy atom. The van der Waals surface area contributed by atoms with Crippen molar-refractivity contribution in [2.75, 3.05) is 0 Å². The fourth-order valence-corrected chi connectivity index (χ4v) is 2.73. The molecule has 2 N–H and O–H groups in total. The van der Waals surface area contributed by atoms with Crippen molar-refractivity contribution in [1.82, 2.24) is 15.5 Å². The molecule has 0 aliphatic rings. The van der Waals surface area contributed by atoms with Crippen LogP contribution in [-0.2, 0) is 6.54 Å². The minimum Gasteiger partial charge on any atom is -0.310 e. The average molecular weight is 263 g/mol. The Kier molecular flexibility index (Phi) is 4.96. The van der Waals surface area contributed by atoms with Crippen LogP contribution in [0.3, 0.4) is 0 Å². The molecule has 4 heteroatoms. The van der Waals surface area contributed by atoms with E-state index in [2.05, 4.69) is 46.9 Å². The minimum absolute atomic E-state index is 0.566. The van der Waals surface area contributed by atoms with Crippen LogP contribution in [0.4, 0.5) is 0 Å². The lowest BCUT2D eigenvalue weighted by Crippen LogP contribution is -2.25. The van der Waals surface area contributed by atoms with Crippen LogP contribution in [0.15, 0.2) is 23.7 Å². The van der Waals surface area contributed by atoms with Gasteiger partial charge in [0, 0.05) is 18.2 Å². The van der Waals surface area contributed by atoms with Crippen LogP contribution < -0.4 is 5.32 Å². The number of unbranched alkanes of at least 4 members (excludes halogenated alkanes) is 1. The predicted octanol–water partition coefficient (Wildman–Crippen LogP) is 3.81. The van der Waals surface area contributed by atoms with E-state index in [4.69, 9.17) is 0 Å². The van der Waals surface area contributed by atoms with E-state index in [0.29, 0.717) is 6.04 Å². The second kappa shape index (κ2) is 6.71. The summed E-state index contributed by atoms with van der Waals surface area (Å²) in [4.78, 5) is 1.26. The standard InChI is InChI=1S/C14H21N3S/c1-3-4-6-11(2)15-9-12-10-16-17-14(12)13-7-5-8-18-13/h5,7-8,10-11,15H,3-4,6,9H2,1-2H3,(H,16,17). The molecule has 0 aliphatic heterocycles. The summed E-state index contributed by atoms with van der Waals surface area (Å²) >= 11 is 1.74. The Labute approximate surface area is 113 Å². The van der Waals surface area contributed by atoms with Gasteiger partial charge in [0.1, 0.15) is 0 Å². The van der Waals surface area contributed by atoms with E-state index in [1.807, 2.05) is 6.20 Å². The van der Waals surface area contributed by atoms with Gasteiger partial charge in [-0.1, -0.05) is 25.8 Å². The van der Waals surface area contributed by atoms with Gasteiger partial charge in [-0.3, -0.25) is 5.10 Å². The molecular formula is C14H21N3S. The fraction of sp³-hybridized carbons (Fsp3) is 0.500. The molecule has 2 aromatic heterocycles. The molecule has 18 heavy (non-hydrogen) atoms. The maximum Gasteiger partial charge on any atom is 0.0794 e. The van der Waals surface area contributed by atoms with E-state index in [1.54, 1.807) is 11.3 Å². The molecule has 1 atom stereocenters. The van der Waals surface area contributed by atoms with Gasteiger partial charge in [-0.2, -0.15) is 5.10 Å². The van der Waals surface area contributed by atoms with Crippen molar-refractivity contribution >= 4 is 11.3 Å². The molecule has 2 aromatic rings. The number of aromatic amines is 1. The van der Waals surface area contributed by atoms with Gasteiger partial charge in [-0.05, 0) is 24.8 Å². The zero-order valence-electron chi connectivity index (χ0n) is 11.1. The molecule has 2 heterocycles. The van der Waals surface area contributed by atoms with E-state index in [-0.39, 0.29) is 0 Å². The Balaban J connectivity index is 1.92. The van der Waals surface area contributed by atoms with Gasteiger partial charge in [0.2, 0.25) is 0 Å². The molecule has 0 saturated heterocycles. The first-order valence-corrected chi connectivity index (χ1v) is 7.48. The van der Waals surface area contributed by atoms with Crippen LogP contribution in [0.2, 0.25) is 0 Å². The molecule has 0 amide bonds. The summed E-state index contributed by atoms with van der Waals surface area (Å²) in [5.74, 6) is 0. The molecule has 0 radical (unpaired) electrons. The van der Waals surface area contributed by atoms with Crippen LogP contribution in [-0.4, -0.2) is 16.2 Å². The summed E-state index contributed by atoms with van der Waals surface area (Å²) in [5.41, 5.74) is 2.40. The summed E-state index contributed by atoms with van der Waals surface area (Å²) in [5, 5.41) is 12.9. The molecule has 0 aliphatic carbocycles. The van der Waals surface area contributed by atoms with Gasteiger partial charge >= 0.3 is 0 Å². The molecule has 0 bridgehead atoms. The van der Waals surface area contributed by atoms with Crippen molar-refractivity contribution < 1.29 is 0 Å². The van der Waals surface area contributed by atoms with Gasteiger partial charge in [0.05, 0.1) is 16.8 Å². The molecule has 98 valence electrons. The van der Waals surface area contributed by atoms with Gasteiger partial charge in [-0.15, -0.1) is 11.3 Å². The number of nitrogens with one attached hydrogen (secondary N) is 2. The molecule has 3 nitrogen and oxygen atoms in total. The normalized spacial score (nSPS) is 12.8. The fourth-order valence-electron chi connectivity index (χ4n) is 1.98. The van der Waals surface area contributed by atoms with Gasteiger partial charge < -0.3 is 5.32 Å². The van der Waals surface area contributed by atoms with Crippen LogP contribution >= 0.6 is 11.3 Å². The number of hydrogen-bond acceptors (Lipinski definition) is 3. The largest absolute Gasteiger partial charge is 0.310 e. The second-order valence-corrected chi connectivity index (χ2v) is 5.62. The summed E-state index contributed by atoms with van der Waals surface area (Å²) in [7, 11) is 0. The number of aromatic nitrogens is 2. The quantitative estimate of drug-likeness (QED) is 0.797. The molecular weight excluding hydrogens is 242 g/mol. The third kappa shape index (κ3) is 3.43. The number of nitrogens with zero attached hydrogens (tertiary/aromatic N) is 1. The first kappa shape index (κ1) is 13.3. The SMILES string of the molecule is CCCCC(C)NCc1cn[nH]c1-c1cccs1. The van der Waals surface area contributed by atoms with E-state index >= 15 is 0 Å². The highest BCUT2D eigenvalue weighted by Crippen LogP contribution is 2.25. The highest BCUT2D eigenvalue weighted by Gasteiger charge is 2.09. The van der Waals surface area contributed by atoms with E-state index < -0.39 is 0 Å². The smallest absolute Gasteiger partial charge is 0.0794 e. The second-order valence-electron chi connectivity index (χ2n) is 4.67. The zero-order chi connectivity index (χ0) is 12.8. The molecule has 0 saturated carbocycles. The lowest BCUT2D eigenvalue weighted by molar-refractivity contribution is 0.495. The van der Waals surface area contributed by atoms with Crippen LogP contribution in [0.5, 0.6) is 0 Å². The summed E-state index contributed by atoms with van der Waals surface area (Å²) in [6.07, 6.45) is 5.72. The van der Waals surface area contributed by atoms with Gasteiger partial charge in [-0.25, -0.2) is 0 Å². The summed E-state index contributed by atoms with van der Waals surface area (Å²) < 4.78 is 0. The lowest BCUT2D eigenvalue weighted by Gasteiger charge is -2.12. The maximum absolute atomic E-state index is 4.16. The predicted molar refractivity (Wildman–Crippen MR) is 77.7 cm³/mol. The minimum atomic E-state index is 0.566. The molecule has 2 rings (SSSR count). The molecule has 0 aromatic carbocycles. The summed E-state index contributed by atoms with van der Waals surface area (Å²) in [6, 6.07) is 4.76. The van der Waals surface area contributed by atoms with E-state index in [1.165, 1.54) is 29.7 Å². The van der Waals surface area contributed by atoms with E-state index in [0.717, 1.165) is 12.2 Å². The van der Waals surface area contributed by atoms with Crippen molar-refractivity contribution in [2.24, 2.45) is 0 Å². The third-order valence-corrected chi connectivity index (χ3v) is 4.00. The third-order valence-electron chi connectivity index (χ3n) is 3.12. The Morgan fingerprint density at radius 1 is 1.50 bits per heavy atom. The van der Waals surface area contributed by atoms with Crippen molar-refractivity contribution in [1.29, 1.82) is 0 Å². The van der Waals surface area contributed by atoms with Crippen molar-refractivity contribution in [3.05, 3.63) is 29.3 Å². The number of rotatable bonds is 7. The molecule has 0 fully saturated rings. The molecule has 1 unspecified atom stereocenters. The highest BCUT2D eigenvalue weighted by molar-refractivity contribution is 7.13. The maximum atomic E-state index is 4.16. The van der Waals surface area contributed by atoms with Crippen LogP contribution in [0.25, 0.3) is 10.6 Å². The van der Waals surface area contributed by atoms with Crippen molar-refractivity contribution in [3.63, 3.8) is 0 Å². The number of hydrogen-bond donors (Lipinski definition) is 2. The van der Waals surface area contributed by atoms with Crippen molar-refractivity contribution in [3.8, 4) is 10.6 Å². The first-order valence-electron chi connectivity index (χ1n) is 6.60. The van der Waals surface area contributed by atoms with Crippen molar-refractivity contribution in [2.45, 2.75) is 45.7 Å². The zero-order valence-corrected chi connectivity index (χ0v) is 11.9. The molecule has 0 spiro atoms.